The molecule has 5 nitrogen and oxygen atoms in total. The van der Waals surface area contributed by atoms with Crippen LogP contribution in [0.5, 0.6) is 0 Å². The maximum atomic E-state index is 14.5. The molecule has 0 saturated carbocycles. The first-order valence-corrected chi connectivity index (χ1v) is 9.25. The van der Waals surface area contributed by atoms with Crippen LogP contribution in [-0.2, 0) is 22.6 Å². The molecule has 1 aliphatic rings. The molecular formula is C21H25FN2O3. The van der Waals surface area contributed by atoms with Gasteiger partial charge in [0.1, 0.15) is 6.61 Å². The summed E-state index contributed by atoms with van der Waals surface area (Å²) >= 11 is 0. The Morgan fingerprint density at radius 3 is 2.63 bits per heavy atom. The van der Waals surface area contributed by atoms with Crippen LogP contribution in [0.2, 0.25) is 0 Å². The van der Waals surface area contributed by atoms with Crippen molar-refractivity contribution in [3.63, 3.8) is 0 Å². The Bertz CT molecular complexity index is 774. The summed E-state index contributed by atoms with van der Waals surface area (Å²) in [4.78, 5) is 19.0. The fraction of sp³-hybridized carbons (Fsp3) is 0.429. The van der Waals surface area contributed by atoms with Crippen LogP contribution in [0.4, 0.5) is 4.39 Å². The summed E-state index contributed by atoms with van der Waals surface area (Å²) in [5.74, 6) is -1.27. The van der Waals surface area contributed by atoms with Crippen molar-refractivity contribution < 1.29 is 18.7 Å². The van der Waals surface area contributed by atoms with Gasteiger partial charge in [-0.05, 0) is 23.1 Å². The molecule has 1 aromatic carbocycles. The van der Waals surface area contributed by atoms with Gasteiger partial charge in [0.25, 0.3) is 0 Å². The van der Waals surface area contributed by atoms with Gasteiger partial charge in [-0.3, -0.25) is 4.90 Å². The minimum Gasteiger partial charge on any atom is -0.456 e. The second kappa shape index (κ2) is 9.06. The summed E-state index contributed by atoms with van der Waals surface area (Å²) in [6, 6.07) is 10.7. The molecule has 1 aromatic heterocycles. The van der Waals surface area contributed by atoms with Gasteiger partial charge in [0.15, 0.2) is 11.5 Å². The Balaban J connectivity index is 1.79. The summed E-state index contributed by atoms with van der Waals surface area (Å²) in [7, 11) is 0. The number of carbonyl (C=O) groups is 1. The summed E-state index contributed by atoms with van der Waals surface area (Å²) < 4.78 is 25.2. The van der Waals surface area contributed by atoms with E-state index in [0.29, 0.717) is 19.8 Å². The third-order valence-electron chi connectivity index (χ3n) is 4.59. The maximum Gasteiger partial charge on any atom is 0.360 e. The third kappa shape index (κ3) is 5.11. The second-order valence-corrected chi connectivity index (χ2v) is 6.96. The molecule has 1 aliphatic heterocycles. The number of aromatic nitrogens is 1. The number of hydrogen-bond donors (Lipinski definition) is 0. The molecule has 2 aromatic rings. The van der Waals surface area contributed by atoms with E-state index in [2.05, 4.69) is 9.88 Å². The van der Waals surface area contributed by atoms with Crippen molar-refractivity contribution in [1.82, 2.24) is 9.88 Å². The highest BCUT2D eigenvalue weighted by Gasteiger charge is 2.22. The van der Waals surface area contributed by atoms with E-state index in [1.54, 1.807) is 0 Å². The molecular weight excluding hydrogens is 347 g/mol. The Morgan fingerprint density at radius 2 is 1.96 bits per heavy atom. The third-order valence-corrected chi connectivity index (χ3v) is 4.59. The van der Waals surface area contributed by atoms with E-state index in [0.717, 1.165) is 29.9 Å². The molecule has 3 rings (SSSR count). The molecule has 0 atom stereocenters. The van der Waals surface area contributed by atoms with Gasteiger partial charge in [0.2, 0.25) is 0 Å². The lowest BCUT2D eigenvalue weighted by Gasteiger charge is -2.27. The van der Waals surface area contributed by atoms with Crippen LogP contribution in [-0.4, -0.2) is 42.2 Å². The van der Waals surface area contributed by atoms with Crippen LogP contribution in [0, 0.1) is 5.82 Å². The highest BCUT2D eigenvalue weighted by Crippen LogP contribution is 2.23. The Morgan fingerprint density at radius 1 is 1.26 bits per heavy atom. The van der Waals surface area contributed by atoms with Gasteiger partial charge in [-0.15, -0.1) is 0 Å². The molecule has 0 aliphatic carbocycles. The zero-order valence-electron chi connectivity index (χ0n) is 15.8. The minimum absolute atomic E-state index is 0.0888. The van der Waals surface area contributed by atoms with E-state index in [9.17, 15) is 9.18 Å². The highest BCUT2D eigenvalue weighted by atomic mass is 19.1. The molecule has 2 heterocycles. The van der Waals surface area contributed by atoms with Gasteiger partial charge in [-0.2, -0.15) is 0 Å². The Kier molecular flexibility index (Phi) is 6.53. The largest absolute Gasteiger partial charge is 0.456 e. The Labute approximate surface area is 159 Å². The zero-order valence-corrected chi connectivity index (χ0v) is 15.8. The topological polar surface area (TPSA) is 51.7 Å². The maximum absolute atomic E-state index is 14.5. The van der Waals surface area contributed by atoms with Gasteiger partial charge in [-0.1, -0.05) is 44.2 Å². The minimum atomic E-state index is -0.741. The summed E-state index contributed by atoms with van der Waals surface area (Å²) in [5.41, 5.74) is 2.13. The van der Waals surface area contributed by atoms with Crippen molar-refractivity contribution in [1.29, 1.82) is 0 Å². The van der Waals surface area contributed by atoms with E-state index in [4.69, 9.17) is 9.47 Å². The first kappa shape index (κ1) is 19.5. The molecule has 0 radical (unpaired) electrons. The van der Waals surface area contributed by atoms with Crippen molar-refractivity contribution in [2.75, 3.05) is 26.3 Å². The van der Waals surface area contributed by atoms with Crippen LogP contribution >= 0.6 is 0 Å². The van der Waals surface area contributed by atoms with Gasteiger partial charge in [0.05, 0.1) is 18.9 Å². The van der Waals surface area contributed by atoms with Crippen molar-refractivity contribution in [3.8, 4) is 0 Å². The van der Waals surface area contributed by atoms with E-state index in [-0.39, 0.29) is 18.2 Å². The van der Waals surface area contributed by atoms with Gasteiger partial charge < -0.3 is 9.47 Å². The van der Waals surface area contributed by atoms with Crippen molar-refractivity contribution >= 4 is 5.97 Å². The van der Waals surface area contributed by atoms with Crippen molar-refractivity contribution in [3.05, 3.63) is 64.7 Å². The monoisotopic (exact) mass is 372 g/mol. The number of carbonyl (C=O) groups excluding carboxylic acids is 1. The lowest BCUT2D eigenvalue weighted by atomic mass is 10.00. The first-order chi connectivity index (χ1) is 13.0. The van der Waals surface area contributed by atoms with Crippen LogP contribution in [0.15, 0.2) is 36.4 Å². The number of pyridine rings is 1. The van der Waals surface area contributed by atoms with Crippen molar-refractivity contribution in [2.24, 2.45) is 0 Å². The second-order valence-electron chi connectivity index (χ2n) is 6.96. The van der Waals surface area contributed by atoms with Gasteiger partial charge in [-0.25, -0.2) is 14.2 Å². The van der Waals surface area contributed by atoms with Gasteiger partial charge >= 0.3 is 5.97 Å². The molecule has 0 N–H and O–H groups in total. The Hall–Kier alpha value is -2.31. The lowest BCUT2D eigenvalue weighted by molar-refractivity contribution is 0.0332. The first-order valence-electron chi connectivity index (χ1n) is 9.25. The summed E-state index contributed by atoms with van der Waals surface area (Å²) in [5, 5.41) is 0. The normalized spacial score (nSPS) is 15.1. The highest BCUT2D eigenvalue weighted by molar-refractivity contribution is 5.87. The van der Waals surface area contributed by atoms with E-state index in [1.165, 1.54) is 6.07 Å². The fourth-order valence-electron chi connectivity index (χ4n) is 3.07. The molecule has 0 amide bonds. The van der Waals surface area contributed by atoms with Crippen LogP contribution in [0.3, 0.4) is 0 Å². The number of esters is 1. The number of morpholine rings is 1. The smallest absolute Gasteiger partial charge is 0.360 e. The number of hydrogen-bond acceptors (Lipinski definition) is 5. The lowest BCUT2D eigenvalue weighted by Crippen LogP contribution is -2.36. The standard InChI is InChI=1S/C21H25FN2O3/c1-15(2)17-12-18(22)20(21(25)27-14-16-6-4-3-5-7-16)23-19(17)13-24-8-10-26-11-9-24/h3-7,12,15H,8-11,13-14H2,1-2H3. The molecule has 0 bridgehead atoms. The predicted molar refractivity (Wildman–Crippen MR) is 99.9 cm³/mol. The fourth-order valence-corrected chi connectivity index (χ4v) is 3.07. The van der Waals surface area contributed by atoms with E-state index < -0.39 is 11.8 Å². The molecule has 0 unspecified atom stereocenters. The van der Waals surface area contributed by atoms with Crippen molar-refractivity contribution in [2.45, 2.75) is 32.9 Å². The van der Waals surface area contributed by atoms with E-state index in [1.807, 2.05) is 44.2 Å². The number of ether oxygens (including phenoxy) is 2. The predicted octanol–water partition coefficient (Wildman–Crippen LogP) is 3.53. The molecule has 6 heteroatoms. The molecule has 0 spiro atoms. The van der Waals surface area contributed by atoms with Crippen LogP contribution in [0.1, 0.15) is 47.1 Å². The average Bonchev–Trinajstić information content (AvgIpc) is 2.68. The summed E-state index contributed by atoms with van der Waals surface area (Å²) in [6.45, 7) is 7.57. The number of benzene rings is 1. The quantitative estimate of drug-likeness (QED) is 0.726. The number of halogens is 1. The number of rotatable bonds is 6. The van der Waals surface area contributed by atoms with Crippen LogP contribution in [0.25, 0.3) is 0 Å². The molecule has 27 heavy (non-hydrogen) atoms. The van der Waals surface area contributed by atoms with Gasteiger partial charge in [0, 0.05) is 19.6 Å². The van der Waals surface area contributed by atoms with Crippen LogP contribution < -0.4 is 0 Å². The molecule has 1 fully saturated rings. The SMILES string of the molecule is CC(C)c1cc(F)c(C(=O)OCc2ccccc2)nc1CN1CCOCC1. The average molecular weight is 372 g/mol. The zero-order chi connectivity index (χ0) is 19.2. The van der Waals surface area contributed by atoms with E-state index >= 15 is 0 Å². The summed E-state index contributed by atoms with van der Waals surface area (Å²) in [6.07, 6.45) is 0. The molecule has 1 saturated heterocycles. The number of nitrogens with zero attached hydrogens (tertiary/aromatic N) is 2. The molecule has 144 valence electrons.